The second-order valence-corrected chi connectivity index (χ2v) is 10.8. The van der Waals surface area contributed by atoms with Crippen LogP contribution in [0.15, 0.2) is 0 Å². The standard InChI is InChI=1S/C20H32N2O/c1-17-7-15-8-18(2,10-17)12-20(9-15,11-17)16(23)22-6-4-19(14-22)3-5-21-13-19/h15,21H,3-14H2,1-2H3. The Morgan fingerprint density at radius 3 is 2.39 bits per heavy atom. The number of rotatable bonds is 1. The van der Waals surface area contributed by atoms with Gasteiger partial charge >= 0.3 is 0 Å². The van der Waals surface area contributed by atoms with Crippen LogP contribution >= 0.6 is 0 Å². The number of carbonyl (C=O) groups excluding carboxylic acids is 1. The lowest BCUT2D eigenvalue weighted by Gasteiger charge is -2.65. The van der Waals surface area contributed by atoms with Crippen molar-refractivity contribution >= 4 is 5.91 Å². The summed E-state index contributed by atoms with van der Waals surface area (Å²) in [4.78, 5) is 15.9. The maximum atomic E-state index is 13.6. The molecule has 3 heteroatoms. The van der Waals surface area contributed by atoms with Crippen molar-refractivity contribution in [2.75, 3.05) is 26.2 Å². The van der Waals surface area contributed by atoms with E-state index in [1.807, 2.05) is 0 Å². The molecule has 6 aliphatic rings. The number of carbonyl (C=O) groups is 1. The Hall–Kier alpha value is -0.570. The molecular weight excluding hydrogens is 284 g/mol. The number of likely N-dealkylation sites (tertiary alicyclic amines) is 1. The zero-order valence-electron chi connectivity index (χ0n) is 14.9. The van der Waals surface area contributed by atoms with Gasteiger partial charge in [0.05, 0.1) is 5.41 Å². The van der Waals surface area contributed by atoms with Gasteiger partial charge in [-0.05, 0) is 74.7 Å². The lowest BCUT2D eigenvalue weighted by atomic mass is 9.40. The Bertz CT molecular complexity index is 532. The fraction of sp³-hybridized carbons (Fsp3) is 0.950. The summed E-state index contributed by atoms with van der Waals surface area (Å²) in [5.41, 5.74) is 1.29. The van der Waals surface area contributed by atoms with Gasteiger partial charge in [0.1, 0.15) is 0 Å². The van der Waals surface area contributed by atoms with Crippen molar-refractivity contribution in [3.8, 4) is 0 Å². The summed E-state index contributed by atoms with van der Waals surface area (Å²) < 4.78 is 0. The lowest BCUT2D eigenvalue weighted by Crippen LogP contribution is -2.60. The Morgan fingerprint density at radius 2 is 1.78 bits per heavy atom. The fourth-order valence-corrected chi connectivity index (χ4v) is 8.27. The largest absolute Gasteiger partial charge is 0.342 e. The van der Waals surface area contributed by atoms with Crippen LogP contribution in [0, 0.1) is 27.6 Å². The number of hydrogen-bond acceptors (Lipinski definition) is 2. The second-order valence-electron chi connectivity index (χ2n) is 10.8. The second kappa shape index (κ2) is 4.33. The minimum Gasteiger partial charge on any atom is -0.342 e. The quantitative estimate of drug-likeness (QED) is 0.806. The Labute approximate surface area is 140 Å². The van der Waals surface area contributed by atoms with E-state index in [0.29, 0.717) is 22.2 Å². The molecule has 23 heavy (non-hydrogen) atoms. The van der Waals surface area contributed by atoms with Gasteiger partial charge in [0, 0.05) is 25.0 Å². The summed E-state index contributed by atoms with van der Waals surface area (Å²) in [7, 11) is 0. The molecular formula is C20H32N2O. The average molecular weight is 316 g/mol. The Morgan fingerprint density at radius 1 is 1.04 bits per heavy atom. The minimum absolute atomic E-state index is 0.000476. The van der Waals surface area contributed by atoms with Gasteiger partial charge in [0.25, 0.3) is 0 Å². The number of nitrogens with zero attached hydrogens (tertiary/aromatic N) is 1. The van der Waals surface area contributed by atoms with E-state index in [4.69, 9.17) is 0 Å². The van der Waals surface area contributed by atoms with Crippen LogP contribution in [-0.4, -0.2) is 37.0 Å². The Kier molecular flexibility index (Phi) is 2.78. The monoisotopic (exact) mass is 316 g/mol. The van der Waals surface area contributed by atoms with Crippen LogP contribution in [-0.2, 0) is 4.79 Å². The van der Waals surface area contributed by atoms with Crippen LogP contribution in [0.1, 0.15) is 65.2 Å². The molecule has 4 bridgehead atoms. The molecule has 6 fully saturated rings. The predicted molar refractivity (Wildman–Crippen MR) is 91.0 cm³/mol. The highest BCUT2D eigenvalue weighted by molar-refractivity contribution is 5.84. The van der Waals surface area contributed by atoms with Gasteiger partial charge in [0.15, 0.2) is 0 Å². The van der Waals surface area contributed by atoms with Crippen molar-refractivity contribution in [1.29, 1.82) is 0 Å². The third-order valence-corrected chi connectivity index (χ3v) is 8.14. The maximum Gasteiger partial charge on any atom is 0.228 e. The first kappa shape index (κ1) is 14.7. The molecule has 0 radical (unpaired) electrons. The number of amides is 1. The van der Waals surface area contributed by atoms with Gasteiger partial charge < -0.3 is 10.2 Å². The highest BCUT2D eigenvalue weighted by atomic mass is 16.2. The molecule has 2 heterocycles. The van der Waals surface area contributed by atoms with Gasteiger partial charge in [-0.25, -0.2) is 0 Å². The van der Waals surface area contributed by atoms with Gasteiger partial charge in [-0.2, -0.15) is 0 Å². The van der Waals surface area contributed by atoms with Crippen molar-refractivity contribution in [1.82, 2.24) is 10.2 Å². The maximum absolute atomic E-state index is 13.6. The normalized spacial score (nSPS) is 54.3. The molecule has 4 saturated carbocycles. The van der Waals surface area contributed by atoms with E-state index in [0.717, 1.165) is 32.1 Å². The molecule has 3 nitrogen and oxygen atoms in total. The van der Waals surface area contributed by atoms with Crippen LogP contribution in [0.3, 0.4) is 0 Å². The minimum atomic E-state index is 0.000476. The molecule has 3 unspecified atom stereocenters. The summed E-state index contributed by atoms with van der Waals surface area (Å²) in [6, 6.07) is 0. The predicted octanol–water partition coefficient (Wildman–Crippen LogP) is 3.20. The van der Waals surface area contributed by atoms with Crippen LogP contribution in [0.2, 0.25) is 0 Å². The molecule has 128 valence electrons. The van der Waals surface area contributed by atoms with Crippen LogP contribution < -0.4 is 5.32 Å². The highest BCUT2D eigenvalue weighted by Crippen LogP contribution is 2.70. The lowest BCUT2D eigenvalue weighted by molar-refractivity contribution is -0.178. The molecule has 1 N–H and O–H groups in total. The summed E-state index contributed by atoms with van der Waals surface area (Å²) in [6.07, 6.45) is 10.1. The van der Waals surface area contributed by atoms with Crippen molar-refractivity contribution in [3.63, 3.8) is 0 Å². The summed E-state index contributed by atoms with van der Waals surface area (Å²) >= 11 is 0. The van der Waals surface area contributed by atoms with E-state index in [-0.39, 0.29) is 5.41 Å². The molecule has 0 aromatic rings. The van der Waals surface area contributed by atoms with Crippen LogP contribution in [0.5, 0.6) is 0 Å². The van der Waals surface area contributed by atoms with E-state index in [1.165, 1.54) is 51.4 Å². The number of nitrogens with one attached hydrogen (secondary N) is 1. The summed E-state index contributed by atoms with van der Waals surface area (Å²) in [5, 5.41) is 3.52. The van der Waals surface area contributed by atoms with Gasteiger partial charge in [-0.15, -0.1) is 0 Å². The molecule has 1 amide bonds. The SMILES string of the molecule is CC12CC3CC(C)(C1)CC(C(=O)N1CCC4(CCNC4)C1)(C3)C2. The smallest absolute Gasteiger partial charge is 0.228 e. The fourth-order valence-electron chi connectivity index (χ4n) is 8.27. The molecule has 0 aromatic carbocycles. The zero-order valence-corrected chi connectivity index (χ0v) is 14.9. The first-order chi connectivity index (χ1) is 10.8. The third kappa shape index (κ3) is 2.08. The molecule has 2 saturated heterocycles. The molecule has 6 rings (SSSR count). The van der Waals surface area contributed by atoms with Crippen molar-refractivity contribution in [2.24, 2.45) is 27.6 Å². The average Bonchev–Trinajstić information content (AvgIpc) is 3.05. The first-order valence-corrected chi connectivity index (χ1v) is 9.84. The van der Waals surface area contributed by atoms with Gasteiger partial charge in [0.2, 0.25) is 5.91 Å². The molecule has 1 spiro atoms. The third-order valence-electron chi connectivity index (χ3n) is 8.14. The van der Waals surface area contributed by atoms with Crippen molar-refractivity contribution < 1.29 is 4.79 Å². The zero-order chi connectivity index (χ0) is 15.9. The van der Waals surface area contributed by atoms with Gasteiger partial charge in [-0.3, -0.25) is 4.79 Å². The van der Waals surface area contributed by atoms with Crippen molar-refractivity contribution in [2.45, 2.75) is 65.2 Å². The number of hydrogen-bond donors (Lipinski definition) is 1. The topological polar surface area (TPSA) is 32.3 Å². The van der Waals surface area contributed by atoms with E-state index >= 15 is 0 Å². The van der Waals surface area contributed by atoms with E-state index in [9.17, 15) is 4.79 Å². The Balaban J connectivity index is 1.42. The van der Waals surface area contributed by atoms with E-state index in [2.05, 4.69) is 24.1 Å². The summed E-state index contributed by atoms with van der Waals surface area (Å²) in [6.45, 7) is 9.26. The first-order valence-electron chi connectivity index (χ1n) is 9.84. The van der Waals surface area contributed by atoms with E-state index < -0.39 is 0 Å². The summed E-state index contributed by atoms with van der Waals surface area (Å²) in [5.74, 6) is 1.36. The van der Waals surface area contributed by atoms with Crippen LogP contribution in [0.25, 0.3) is 0 Å². The van der Waals surface area contributed by atoms with Crippen LogP contribution in [0.4, 0.5) is 0 Å². The highest BCUT2D eigenvalue weighted by Gasteiger charge is 2.63. The molecule has 4 aliphatic carbocycles. The molecule has 0 aromatic heterocycles. The van der Waals surface area contributed by atoms with Gasteiger partial charge in [-0.1, -0.05) is 13.8 Å². The molecule has 2 aliphatic heterocycles. The van der Waals surface area contributed by atoms with E-state index in [1.54, 1.807) is 0 Å². The molecule has 3 atom stereocenters. The van der Waals surface area contributed by atoms with Crippen molar-refractivity contribution in [3.05, 3.63) is 0 Å².